The molecule has 3 rings (SSSR count). The predicted octanol–water partition coefficient (Wildman–Crippen LogP) is 3.78. The Bertz CT molecular complexity index is 717. The van der Waals surface area contributed by atoms with Gasteiger partial charge in [-0.25, -0.2) is 9.50 Å². The van der Waals surface area contributed by atoms with E-state index >= 15 is 0 Å². The fourth-order valence-corrected chi connectivity index (χ4v) is 2.37. The monoisotopic (exact) mass is 301 g/mol. The fraction of sp³-hybridized carbons (Fsp3) is 0.143. The van der Waals surface area contributed by atoms with Crippen molar-refractivity contribution in [2.75, 3.05) is 0 Å². The van der Waals surface area contributed by atoms with E-state index in [4.69, 9.17) is 0 Å². The Morgan fingerprint density at radius 3 is 2.56 bits per heavy atom. The van der Waals surface area contributed by atoms with Gasteiger partial charge in [0, 0.05) is 11.3 Å². The molecule has 0 atom stereocenters. The number of nitrogens with zero attached hydrogens (tertiary/aromatic N) is 3. The summed E-state index contributed by atoms with van der Waals surface area (Å²) in [6, 6.07) is 12.3. The normalized spacial score (nSPS) is 11.1. The summed E-state index contributed by atoms with van der Waals surface area (Å²) in [4.78, 5) is 4.54. The van der Waals surface area contributed by atoms with Crippen molar-refractivity contribution in [2.45, 2.75) is 13.8 Å². The first kappa shape index (κ1) is 11.4. The molecule has 3 nitrogen and oxygen atoms in total. The van der Waals surface area contributed by atoms with Crippen molar-refractivity contribution in [1.29, 1.82) is 0 Å². The molecule has 1 aromatic carbocycles. The molecule has 0 saturated carbocycles. The van der Waals surface area contributed by atoms with E-state index in [9.17, 15) is 0 Å². The average molecular weight is 302 g/mol. The first-order chi connectivity index (χ1) is 8.66. The van der Waals surface area contributed by atoms with Crippen LogP contribution < -0.4 is 0 Å². The van der Waals surface area contributed by atoms with Crippen molar-refractivity contribution in [3.63, 3.8) is 0 Å². The molecular weight excluding hydrogens is 290 g/mol. The molecule has 0 radical (unpaired) electrons. The van der Waals surface area contributed by atoms with Crippen molar-refractivity contribution in [2.24, 2.45) is 0 Å². The topological polar surface area (TPSA) is 30.2 Å². The van der Waals surface area contributed by atoms with Crippen LogP contribution in [-0.4, -0.2) is 14.6 Å². The van der Waals surface area contributed by atoms with Crippen molar-refractivity contribution in [3.8, 4) is 11.3 Å². The van der Waals surface area contributed by atoms with E-state index in [1.807, 2.05) is 36.6 Å². The minimum Gasteiger partial charge on any atom is -0.233 e. The van der Waals surface area contributed by atoms with Gasteiger partial charge in [0.2, 0.25) is 0 Å². The maximum absolute atomic E-state index is 4.54. The van der Waals surface area contributed by atoms with Crippen LogP contribution in [0.3, 0.4) is 0 Å². The maximum atomic E-state index is 4.54. The number of halogens is 1. The zero-order valence-electron chi connectivity index (χ0n) is 10.2. The van der Waals surface area contributed by atoms with Gasteiger partial charge in [-0.1, -0.05) is 30.3 Å². The second-order valence-corrected chi connectivity index (χ2v) is 5.08. The van der Waals surface area contributed by atoms with Crippen molar-refractivity contribution >= 4 is 21.6 Å². The van der Waals surface area contributed by atoms with Crippen LogP contribution >= 0.6 is 15.9 Å². The molecule has 2 aromatic heterocycles. The summed E-state index contributed by atoms with van der Waals surface area (Å²) in [5.74, 6) is 0. The Labute approximate surface area is 114 Å². The average Bonchev–Trinajstić information content (AvgIpc) is 2.66. The zero-order chi connectivity index (χ0) is 12.7. The summed E-state index contributed by atoms with van der Waals surface area (Å²) < 4.78 is 2.85. The number of aryl methyl sites for hydroxylation is 2. The van der Waals surface area contributed by atoms with Gasteiger partial charge < -0.3 is 0 Å². The number of hydrogen-bond acceptors (Lipinski definition) is 2. The van der Waals surface area contributed by atoms with Gasteiger partial charge in [0.05, 0.1) is 15.9 Å². The molecule has 0 spiro atoms. The summed E-state index contributed by atoms with van der Waals surface area (Å²) in [5.41, 5.74) is 5.01. The van der Waals surface area contributed by atoms with Crippen LogP contribution in [0.25, 0.3) is 16.9 Å². The van der Waals surface area contributed by atoms with Gasteiger partial charge in [-0.2, -0.15) is 5.10 Å². The number of fused-ring (bicyclic) bond motifs is 1. The van der Waals surface area contributed by atoms with E-state index in [0.29, 0.717) is 0 Å². The highest BCUT2D eigenvalue weighted by molar-refractivity contribution is 9.10. The molecule has 0 aliphatic carbocycles. The molecule has 0 aliphatic heterocycles. The highest BCUT2D eigenvalue weighted by atomic mass is 79.9. The quantitative estimate of drug-likeness (QED) is 0.685. The van der Waals surface area contributed by atoms with E-state index < -0.39 is 0 Å². The third-order valence-corrected chi connectivity index (χ3v) is 3.82. The van der Waals surface area contributed by atoms with Crippen LogP contribution in [0.15, 0.2) is 40.9 Å². The molecule has 0 bridgehead atoms. The zero-order valence-corrected chi connectivity index (χ0v) is 11.8. The van der Waals surface area contributed by atoms with Gasteiger partial charge in [-0.3, -0.25) is 0 Å². The molecule has 18 heavy (non-hydrogen) atoms. The number of aromatic nitrogens is 3. The highest BCUT2D eigenvalue weighted by Crippen LogP contribution is 2.26. The van der Waals surface area contributed by atoms with E-state index in [1.165, 1.54) is 0 Å². The van der Waals surface area contributed by atoms with E-state index in [0.717, 1.165) is 32.8 Å². The minimum atomic E-state index is 0.867. The summed E-state index contributed by atoms with van der Waals surface area (Å²) in [5, 5.41) is 4.54. The largest absolute Gasteiger partial charge is 0.233 e. The Hall–Kier alpha value is -1.68. The van der Waals surface area contributed by atoms with Crippen LogP contribution in [0.4, 0.5) is 0 Å². The predicted molar refractivity (Wildman–Crippen MR) is 75.6 cm³/mol. The van der Waals surface area contributed by atoms with E-state index in [1.54, 1.807) is 0 Å². The van der Waals surface area contributed by atoms with Crippen LogP contribution in [0.1, 0.15) is 11.4 Å². The molecule has 4 heteroatoms. The summed E-state index contributed by atoms with van der Waals surface area (Å²) in [6.07, 6.45) is 0. The molecular formula is C14H12BrN3. The Morgan fingerprint density at radius 1 is 1.11 bits per heavy atom. The van der Waals surface area contributed by atoms with E-state index in [2.05, 4.69) is 44.2 Å². The van der Waals surface area contributed by atoms with Crippen LogP contribution in [0.2, 0.25) is 0 Å². The van der Waals surface area contributed by atoms with Gasteiger partial charge in [0.1, 0.15) is 0 Å². The summed E-state index contributed by atoms with van der Waals surface area (Å²) in [7, 11) is 0. The van der Waals surface area contributed by atoms with E-state index in [-0.39, 0.29) is 0 Å². The molecule has 0 fully saturated rings. The smallest absolute Gasteiger partial charge is 0.170 e. The molecule has 0 N–H and O–H groups in total. The van der Waals surface area contributed by atoms with Crippen LogP contribution in [-0.2, 0) is 0 Å². The van der Waals surface area contributed by atoms with Crippen molar-refractivity contribution in [1.82, 2.24) is 14.6 Å². The second kappa shape index (κ2) is 4.21. The molecule has 2 heterocycles. The van der Waals surface area contributed by atoms with Crippen molar-refractivity contribution < 1.29 is 0 Å². The summed E-state index contributed by atoms with van der Waals surface area (Å²) in [6.45, 7) is 3.98. The molecule has 90 valence electrons. The third kappa shape index (κ3) is 1.73. The molecule has 0 amide bonds. The van der Waals surface area contributed by atoms with Crippen molar-refractivity contribution in [3.05, 3.63) is 52.3 Å². The Balaban J connectivity index is 2.39. The van der Waals surface area contributed by atoms with Crippen LogP contribution in [0, 0.1) is 13.8 Å². The Kier molecular flexibility index (Phi) is 2.67. The van der Waals surface area contributed by atoms with Gasteiger partial charge in [-0.15, -0.1) is 0 Å². The second-order valence-electron chi connectivity index (χ2n) is 4.28. The fourth-order valence-electron chi connectivity index (χ4n) is 2.03. The standard InChI is InChI=1S/C14H12BrN3/c1-9-8-12(11-6-4-3-5-7-11)18-14(16-9)13(15)10(2)17-18/h3-8H,1-2H3. The lowest BCUT2D eigenvalue weighted by molar-refractivity contribution is 0.917. The lowest BCUT2D eigenvalue weighted by Gasteiger charge is -2.06. The third-order valence-electron chi connectivity index (χ3n) is 2.89. The van der Waals surface area contributed by atoms with Crippen LogP contribution in [0.5, 0.6) is 0 Å². The molecule has 0 saturated heterocycles. The van der Waals surface area contributed by atoms with Gasteiger partial charge in [-0.05, 0) is 35.8 Å². The number of rotatable bonds is 1. The number of hydrogen-bond donors (Lipinski definition) is 0. The van der Waals surface area contributed by atoms with Gasteiger partial charge >= 0.3 is 0 Å². The number of benzene rings is 1. The summed E-state index contributed by atoms with van der Waals surface area (Å²) >= 11 is 3.55. The van der Waals surface area contributed by atoms with Gasteiger partial charge in [0.15, 0.2) is 5.65 Å². The maximum Gasteiger partial charge on any atom is 0.170 e. The molecule has 0 unspecified atom stereocenters. The lowest BCUT2D eigenvalue weighted by Crippen LogP contribution is -1.98. The van der Waals surface area contributed by atoms with Gasteiger partial charge in [0.25, 0.3) is 0 Å². The first-order valence-corrected chi connectivity index (χ1v) is 6.54. The molecule has 0 aliphatic rings. The first-order valence-electron chi connectivity index (χ1n) is 5.75. The Morgan fingerprint density at radius 2 is 1.83 bits per heavy atom. The SMILES string of the molecule is Cc1cc(-c2ccccc2)n2nc(C)c(Br)c2n1. The highest BCUT2D eigenvalue weighted by Gasteiger charge is 2.12. The minimum absolute atomic E-state index is 0.867. The lowest BCUT2D eigenvalue weighted by atomic mass is 10.1. The molecule has 3 aromatic rings.